The van der Waals surface area contributed by atoms with Crippen LogP contribution in [0.3, 0.4) is 0 Å². The first-order valence-corrected chi connectivity index (χ1v) is 7.01. The highest BCUT2D eigenvalue weighted by Crippen LogP contribution is 2.18. The maximum absolute atomic E-state index is 11.9. The summed E-state index contributed by atoms with van der Waals surface area (Å²) in [7, 11) is 0. The van der Waals surface area contributed by atoms with Gasteiger partial charge in [-0.3, -0.25) is 4.79 Å². The highest BCUT2D eigenvalue weighted by atomic mass is 16.3. The van der Waals surface area contributed by atoms with Crippen LogP contribution in [0.4, 0.5) is 5.69 Å². The molecule has 0 aliphatic carbocycles. The Morgan fingerprint density at radius 3 is 2.78 bits per heavy atom. The molecule has 0 aliphatic rings. The summed E-state index contributed by atoms with van der Waals surface area (Å²) in [4.78, 5) is 11.9. The van der Waals surface area contributed by atoms with Crippen molar-refractivity contribution in [3.05, 3.63) is 59.8 Å². The van der Waals surface area contributed by atoms with E-state index in [9.17, 15) is 4.79 Å². The summed E-state index contributed by atoms with van der Waals surface area (Å²) in [6.07, 6.45) is 4.59. The lowest BCUT2D eigenvalue weighted by atomic mass is 10.2. The summed E-state index contributed by atoms with van der Waals surface area (Å²) in [5, 5.41) is 13.9. The van der Waals surface area contributed by atoms with Gasteiger partial charge in [0.05, 0.1) is 5.69 Å². The van der Waals surface area contributed by atoms with E-state index < -0.39 is 0 Å². The largest absolute Gasteiger partial charge is 0.462 e. The van der Waals surface area contributed by atoms with Gasteiger partial charge in [-0.05, 0) is 66.2 Å². The Labute approximate surface area is 132 Å². The van der Waals surface area contributed by atoms with E-state index in [2.05, 4.69) is 20.8 Å². The van der Waals surface area contributed by atoms with E-state index >= 15 is 0 Å². The summed E-state index contributed by atoms with van der Waals surface area (Å²) in [5.41, 5.74) is 2.50. The number of nitrogens with zero attached hydrogens (tertiary/aromatic N) is 4. The van der Waals surface area contributed by atoms with Crippen LogP contribution in [-0.2, 0) is 4.79 Å². The molecule has 0 aliphatic heterocycles. The molecule has 7 heteroatoms. The Bertz CT molecular complexity index is 849. The van der Waals surface area contributed by atoms with E-state index in [0.29, 0.717) is 11.4 Å². The molecule has 0 radical (unpaired) electrons. The minimum Gasteiger partial charge on any atom is -0.462 e. The zero-order chi connectivity index (χ0) is 16.2. The van der Waals surface area contributed by atoms with Crippen molar-refractivity contribution in [3.63, 3.8) is 0 Å². The van der Waals surface area contributed by atoms with E-state index in [1.807, 2.05) is 38.1 Å². The lowest BCUT2D eigenvalue weighted by molar-refractivity contribution is -0.111. The third kappa shape index (κ3) is 3.52. The van der Waals surface area contributed by atoms with Gasteiger partial charge in [0.2, 0.25) is 5.91 Å². The second kappa shape index (κ2) is 6.27. The molecule has 116 valence electrons. The highest BCUT2D eigenvalue weighted by molar-refractivity contribution is 6.01. The fourth-order valence-corrected chi connectivity index (χ4v) is 2.15. The third-order valence-electron chi connectivity index (χ3n) is 3.22. The molecule has 3 aromatic rings. The van der Waals surface area contributed by atoms with Crippen molar-refractivity contribution in [1.82, 2.24) is 20.2 Å². The second-order valence-corrected chi connectivity index (χ2v) is 5.03. The molecule has 2 aromatic heterocycles. The molecule has 3 rings (SSSR count). The molecule has 0 saturated heterocycles. The molecule has 0 spiro atoms. The summed E-state index contributed by atoms with van der Waals surface area (Å²) in [6.45, 7) is 3.78. The van der Waals surface area contributed by atoms with Gasteiger partial charge in [0.15, 0.2) is 0 Å². The van der Waals surface area contributed by atoms with Crippen molar-refractivity contribution in [1.29, 1.82) is 0 Å². The molecule has 0 bridgehead atoms. The molecule has 23 heavy (non-hydrogen) atoms. The maximum atomic E-state index is 11.9. The number of carbonyl (C=O) groups is 1. The van der Waals surface area contributed by atoms with Crippen molar-refractivity contribution in [2.24, 2.45) is 0 Å². The van der Waals surface area contributed by atoms with Crippen LogP contribution in [-0.4, -0.2) is 26.1 Å². The Kier molecular flexibility index (Phi) is 4.01. The van der Waals surface area contributed by atoms with Crippen LogP contribution < -0.4 is 5.32 Å². The molecule has 0 fully saturated rings. The van der Waals surface area contributed by atoms with E-state index in [4.69, 9.17) is 4.42 Å². The van der Waals surface area contributed by atoms with Gasteiger partial charge in [-0.1, -0.05) is 0 Å². The van der Waals surface area contributed by atoms with Crippen LogP contribution in [0.15, 0.2) is 47.2 Å². The molecule has 0 saturated carbocycles. The number of tetrazole rings is 1. The number of nitrogens with one attached hydrogen (secondary N) is 1. The zero-order valence-electron chi connectivity index (χ0n) is 12.7. The van der Waals surface area contributed by atoms with Gasteiger partial charge >= 0.3 is 0 Å². The standard InChI is InChI=1S/C16H15N5O2/c1-11-9-13(4-7-15(11)21-10-17-19-20-21)18-16(22)8-6-14-5-3-12(2)23-14/h3-10H,1-2H3,(H,18,22)/b8-6+. The molecule has 2 heterocycles. The average Bonchev–Trinajstić information content (AvgIpc) is 3.17. The highest BCUT2D eigenvalue weighted by Gasteiger charge is 2.05. The van der Waals surface area contributed by atoms with Gasteiger partial charge in [-0.2, -0.15) is 0 Å². The Hall–Kier alpha value is -3.22. The fourth-order valence-electron chi connectivity index (χ4n) is 2.15. The van der Waals surface area contributed by atoms with E-state index in [1.54, 1.807) is 16.8 Å². The smallest absolute Gasteiger partial charge is 0.248 e. The molecule has 1 N–H and O–H groups in total. The summed E-state index contributed by atoms with van der Waals surface area (Å²) >= 11 is 0. The number of aromatic nitrogens is 4. The minimum atomic E-state index is -0.228. The van der Waals surface area contributed by atoms with Gasteiger partial charge in [0.1, 0.15) is 17.8 Å². The summed E-state index contributed by atoms with van der Waals surface area (Å²) < 4.78 is 6.94. The lowest BCUT2D eigenvalue weighted by Gasteiger charge is -2.07. The Morgan fingerprint density at radius 1 is 1.26 bits per heavy atom. The van der Waals surface area contributed by atoms with Crippen molar-refractivity contribution < 1.29 is 9.21 Å². The Balaban J connectivity index is 1.69. The van der Waals surface area contributed by atoms with Gasteiger partial charge in [-0.25, -0.2) is 4.68 Å². The van der Waals surface area contributed by atoms with Crippen molar-refractivity contribution in [2.75, 3.05) is 5.32 Å². The summed E-state index contributed by atoms with van der Waals surface area (Å²) in [5.74, 6) is 1.22. The summed E-state index contributed by atoms with van der Waals surface area (Å²) in [6, 6.07) is 9.16. The first-order valence-electron chi connectivity index (χ1n) is 7.01. The SMILES string of the molecule is Cc1ccc(/C=C/C(=O)Nc2ccc(-n3cnnn3)c(C)c2)o1. The lowest BCUT2D eigenvalue weighted by Crippen LogP contribution is -2.08. The molecule has 7 nitrogen and oxygen atoms in total. The number of hydrogen-bond donors (Lipinski definition) is 1. The number of anilines is 1. The molecular weight excluding hydrogens is 294 g/mol. The Morgan fingerprint density at radius 2 is 2.13 bits per heavy atom. The van der Waals surface area contributed by atoms with Crippen LogP contribution in [0.2, 0.25) is 0 Å². The number of rotatable bonds is 4. The quantitative estimate of drug-likeness (QED) is 0.748. The number of furan rings is 1. The number of aryl methyl sites for hydroxylation is 2. The van der Waals surface area contributed by atoms with Crippen LogP contribution >= 0.6 is 0 Å². The van der Waals surface area contributed by atoms with Crippen LogP contribution in [0.25, 0.3) is 11.8 Å². The average molecular weight is 309 g/mol. The van der Waals surface area contributed by atoms with E-state index in [-0.39, 0.29) is 5.91 Å². The predicted octanol–water partition coefficient (Wildman–Crippen LogP) is 2.52. The number of amides is 1. The molecule has 1 amide bonds. The predicted molar refractivity (Wildman–Crippen MR) is 85.0 cm³/mol. The number of hydrogen-bond acceptors (Lipinski definition) is 5. The van der Waals surface area contributed by atoms with Crippen molar-refractivity contribution >= 4 is 17.7 Å². The first-order chi connectivity index (χ1) is 11.1. The van der Waals surface area contributed by atoms with Crippen molar-refractivity contribution in [2.45, 2.75) is 13.8 Å². The topological polar surface area (TPSA) is 85.8 Å². The zero-order valence-corrected chi connectivity index (χ0v) is 12.7. The van der Waals surface area contributed by atoms with E-state index in [0.717, 1.165) is 17.0 Å². The molecule has 1 aromatic carbocycles. The number of carbonyl (C=O) groups excluding carboxylic acids is 1. The van der Waals surface area contributed by atoms with Gasteiger partial charge in [0.25, 0.3) is 0 Å². The van der Waals surface area contributed by atoms with Crippen LogP contribution in [0.1, 0.15) is 17.1 Å². The van der Waals surface area contributed by atoms with E-state index in [1.165, 1.54) is 12.4 Å². The number of benzene rings is 1. The maximum Gasteiger partial charge on any atom is 0.248 e. The van der Waals surface area contributed by atoms with Gasteiger partial charge in [-0.15, -0.1) is 5.10 Å². The fraction of sp³-hybridized carbons (Fsp3) is 0.125. The van der Waals surface area contributed by atoms with Crippen molar-refractivity contribution in [3.8, 4) is 5.69 Å². The molecule has 0 atom stereocenters. The monoisotopic (exact) mass is 309 g/mol. The second-order valence-electron chi connectivity index (χ2n) is 5.03. The normalized spacial score (nSPS) is 11.0. The van der Waals surface area contributed by atoms with Gasteiger partial charge in [0, 0.05) is 11.8 Å². The molecule has 0 unspecified atom stereocenters. The third-order valence-corrected chi connectivity index (χ3v) is 3.22. The first kappa shape index (κ1) is 14.7. The molecular formula is C16H15N5O2. The van der Waals surface area contributed by atoms with Gasteiger partial charge < -0.3 is 9.73 Å². The minimum absolute atomic E-state index is 0.228. The van der Waals surface area contributed by atoms with Crippen LogP contribution in [0.5, 0.6) is 0 Å². The van der Waals surface area contributed by atoms with Crippen LogP contribution in [0, 0.1) is 13.8 Å².